The largest absolute Gasteiger partial charge is 0.488 e. The topological polar surface area (TPSA) is 49.8 Å². The summed E-state index contributed by atoms with van der Waals surface area (Å²) in [6.07, 6.45) is 4.53. The average Bonchev–Trinajstić information content (AvgIpc) is 2.54. The molecule has 0 fully saturated rings. The maximum atomic E-state index is 12.6. The van der Waals surface area contributed by atoms with Crippen molar-refractivity contribution in [2.75, 3.05) is 19.8 Å². The highest BCUT2D eigenvalue weighted by Gasteiger charge is 2.32. The van der Waals surface area contributed by atoms with E-state index < -0.39 is 0 Å². The third kappa shape index (κ3) is 2.31. The van der Waals surface area contributed by atoms with Crippen LogP contribution in [0.5, 0.6) is 0 Å². The van der Waals surface area contributed by atoms with E-state index in [1.807, 2.05) is 24.3 Å². The third-order valence-corrected chi connectivity index (χ3v) is 3.99. The molecule has 2 aliphatic heterocycles. The van der Waals surface area contributed by atoms with Crippen LogP contribution in [0.2, 0.25) is 0 Å². The summed E-state index contributed by atoms with van der Waals surface area (Å²) < 4.78 is 5.46. The lowest BCUT2D eigenvalue weighted by atomic mass is 9.92. The Morgan fingerprint density at radius 1 is 1.40 bits per heavy atom. The van der Waals surface area contributed by atoms with Crippen LogP contribution in [0, 0.1) is 0 Å². The predicted molar refractivity (Wildman–Crippen MR) is 75.0 cm³/mol. The Bertz CT molecular complexity index is 538. The SMILES string of the molecule is O=C(C1=CCCCO1)N1CCc2ccccc2[C@@H]1CO. The molecule has 1 aromatic rings. The maximum Gasteiger partial charge on any atom is 0.289 e. The van der Waals surface area contributed by atoms with Gasteiger partial charge in [-0.1, -0.05) is 24.3 Å². The van der Waals surface area contributed by atoms with Crippen molar-refractivity contribution in [3.8, 4) is 0 Å². The molecule has 106 valence electrons. The van der Waals surface area contributed by atoms with Gasteiger partial charge in [0.2, 0.25) is 0 Å². The molecule has 0 spiro atoms. The van der Waals surface area contributed by atoms with E-state index in [1.165, 1.54) is 5.56 Å². The summed E-state index contributed by atoms with van der Waals surface area (Å²) in [6, 6.07) is 7.74. The molecule has 4 heteroatoms. The van der Waals surface area contributed by atoms with Crippen LogP contribution in [0.15, 0.2) is 36.1 Å². The highest BCUT2D eigenvalue weighted by atomic mass is 16.5. The van der Waals surface area contributed by atoms with Gasteiger partial charge in [-0.3, -0.25) is 4.79 Å². The van der Waals surface area contributed by atoms with Crippen molar-refractivity contribution in [2.24, 2.45) is 0 Å². The molecule has 0 aromatic heterocycles. The lowest BCUT2D eigenvalue weighted by Crippen LogP contribution is -2.42. The summed E-state index contributed by atoms with van der Waals surface area (Å²) in [4.78, 5) is 14.3. The number of aliphatic hydroxyl groups is 1. The van der Waals surface area contributed by atoms with Crippen molar-refractivity contribution in [1.82, 2.24) is 4.90 Å². The van der Waals surface area contributed by atoms with Gasteiger partial charge in [-0.15, -0.1) is 0 Å². The van der Waals surface area contributed by atoms with Crippen molar-refractivity contribution < 1.29 is 14.6 Å². The van der Waals surface area contributed by atoms with Gasteiger partial charge in [0.1, 0.15) is 0 Å². The minimum atomic E-state index is -0.265. The number of amides is 1. The molecule has 1 amide bonds. The fourth-order valence-electron chi connectivity index (χ4n) is 2.94. The van der Waals surface area contributed by atoms with Gasteiger partial charge in [0, 0.05) is 6.54 Å². The smallest absolute Gasteiger partial charge is 0.289 e. The number of hydrogen-bond donors (Lipinski definition) is 1. The van der Waals surface area contributed by atoms with Gasteiger partial charge in [0.05, 0.1) is 19.3 Å². The first kappa shape index (κ1) is 13.2. The molecule has 0 saturated carbocycles. The summed E-state index contributed by atoms with van der Waals surface area (Å²) in [6.45, 7) is 1.17. The monoisotopic (exact) mass is 273 g/mol. The highest BCUT2D eigenvalue weighted by molar-refractivity contribution is 5.92. The predicted octanol–water partition coefficient (Wildman–Crippen LogP) is 1.80. The molecule has 0 bridgehead atoms. The zero-order chi connectivity index (χ0) is 13.9. The second-order valence-electron chi connectivity index (χ2n) is 5.20. The second-order valence-corrected chi connectivity index (χ2v) is 5.20. The minimum Gasteiger partial charge on any atom is -0.488 e. The molecule has 1 aromatic carbocycles. The molecule has 20 heavy (non-hydrogen) atoms. The lowest BCUT2D eigenvalue weighted by Gasteiger charge is -2.37. The fourth-order valence-corrected chi connectivity index (χ4v) is 2.94. The minimum absolute atomic E-state index is 0.0595. The normalized spacial score (nSPS) is 21.8. The number of hydrogen-bond acceptors (Lipinski definition) is 3. The number of fused-ring (bicyclic) bond motifs is 1. The van der Waals surface area contributed by atoms with E-state index in [4.69, 9.17) is 4.74 Å². The number of carbonyl (C=O) groups is 1. The van der Waals surface area contributed by atoms with E-state index in [9.17, 15) is 9.90 Å². The van der Waals surface area contributed by atoms with Crippen molar-refractivity contribution >= 4 is 5.91 Å². The molecule has 0 unspecified atom stereocenters. The Kier molecular flexibility index (Phi) is 3.74. The molecule has 2 heterocycles. The summed E-state index contributed by atoms with van der Waals surface area (Å²) in [7, 11) is 0. The Morgan fingerprint density at radius 3 is 3.00 bits per heavy atom. The highest BCUT2D eigenvalue weighted by Crippen LogP contribution is 2.30. The summed E-state index contributed by atoms with van der Waals surface area (Å²) in [5.74, 6) is 0.340. The molecule has 0 radical (unpaired) electrons. The first-order valence-corrected chi connectivity index (χ1v) is 7.14. The number of carbonyl (C=O) groups excluding carboxylic acids is 1. The van der Waals surface area contributed by atoms with Crippen molar-refractivity contribution in [1.29, 1.82) is 0 Å². The number of ether oxygens (including phenoxy) is 1. The third-order valence-electron chi connectivity index (χ3n) is 3.99. The Morgan fingerprint density at radius 2 is 2.25 bits per heavy atom. The summed E-state index contributed by atoms with van der Waals surface area (Å²) >= 11 is 0. The summed E-state index contributed by atoms with van der Waals surface area (Å²) in [5, 5.41) is 9.70. The first-order valence-electron chi connectivity index (χ1n) is 7.14. The average molecular weight is 273 g/mol. The zero-order valence-electron chi connectivity index (χ0n) is 11.4. The number of aliphatic hydroxyl groups excluding tert-OH is 1. The van der Waals surface area contributed by atoms with Crippen LogP contribution in [0.3, 0.4) is 0 Å². The zero-order valence-corrected chi connectivity index (χ0v) is 11.4. The van der Waals surface area contributed by atoms with Crippen LogP contribution < -0.4 is 0 Å². The molecule has 2 aliphatic rings. The van der Waals surface area contributed by atoms with Gasteiger partial charge in [-0.05, 0) is 36.5 Å². The van der Waals surface area contributed by atoms with Crippen molar-refractivity contribution in [3.63, 3.8) is 0 Å². The van der Waals surface area contributed by atoms with Gasteiger partial charge in [-0.2, -0.15) is 0 Å². The van der Waals surface area contributed by atoms with Crippen LogP contribution in [0.1, 0.15) is 30.0 Å². The first-order chi connectivity index (χ1) is 9.81. The van der Waals surface area contributed by atoms with Crippen LogP contribution in [0.25, 0.3) is 0 Å². The second kappa shape index (κ2) is 5.67. The molecule has 1 N–H and O–H groups in total. The molecular formula is C16H19NO3. The van der Waals surface area contributed by atoms with Crippen LogP contribution in [-0.2, 0) is 16.0 Å². The summed E-state index contributed by atoms with van der Waals surface area (Å²) in [5.41, 5.74) is 2.26. The Hall–Kier alpha value is -1.81. The maximum absolute atomic E-state index is 12.6. The molecular weight excluding hydrogens is 254 g/mol. The quantitative estimate of drug-likeness (QED) is 0.894. The molecule has 1 atom stereocenters. The Labute approximate surface area is 118 Å². The van der Waals surface area contributed by atoms with E-state index >= 15 is 0 Å². The van der Waals surface area contributed by atoms with Gasteiger partial charge < -0.3 is 14.7 Å². The molecule has 0 saturated heterocycles. The van der Waals surface area contributed by atoms with E-state index in [0.717, 1.165) is 24.8 Å². The van der Waals surface area contributed by atoms with E-state index in [1.54, 1.807) is 4.90 Å². The van der Waals surface area contributed by atoms with Crippen molar-refractivity contribution in [2.45, 2.75) is 25.3 Å². The number of allylic oxidation sites excluding steroid dienone is 1. The lowest BCUT2D eigenvalue weighted by molar-refractivity contribution is -0.135. The van der Waals surface area contributed by atoms with Gasteiger partial charge in [0.15, 0.2) is 5.76 Å². The Balaban J connectivity index is 1.87. The van der Waals surface area contributed by atoms with Gasteiger partial charge in [0.25, 0.3) is 5.91 Å². The van der Waals surface area contributed by atoms with Gasteiger partial charge >= 0.3 is 0 Å². The molecule has 0 aliphatic carbocycles. The number of benzene rings is 1. The fraction of sp³-hybridized carbons (Fsp3) is 0.438. The number of rotatable bonds is 2. The standard InChI is InChI=1S/C16H19NO3/c18-11-14-13-6-2-1-5-12(13)8-9-17(14)16(19)15-7-3-4-10-20-15/h1-2,5-7,14,18H,3-4,8-11H2/t14-/m0/s1. The molecule has 4 nitrogen and oxygen atoms in total. The van der Waals surface area contributed by atoms with E-state index in [0.29, 0.717) is 18.9 Å². The van der Waals surface area contributed by atoms with Crippen LogP contribution in [-0.4, -0.2) is 35.7 Å². The van der Waals surface area contributed by atoms with Crippen molar-refractivity contribution in [3.05, 3.63) is 47.2 Å². The van der Waals surface area contributed by atoms with E-state index in [-0.39, 0.29) is 18.6 Å². The van der Waals surface area contributed by atoms with Gasteiger partial charge in [-0.25, -0.2) is 0 Å². The van der Waals surface area contributed by atoms with Crippen LogP contribution >= 0.6 is 0 Å². The van der Waals surface area contributed by atoms with E-state index in [2.05, 4.69) is 6.07 Å². The number of nitrogens with zero attached hydrogens (tertiary/aromatic N) is 1. The molecule has 3 rings (SSSR count). The van der Waals surface area contributed by atoms with Crippen LogP contribution in [0.4, 0.5) is 0 Å².